The van der Waals surface area contributed by atoms with E-state index in [1.54, 1.807) is 0 Å². The smallest absolute Gasteiger partial charge is 0.321 e. The van der Waals surface area contributed by atoms with Gasteiger partial charge in [0, 0.05) is 24.5 Å². The normalized spacial score (nSPS) is 19.9. The van der Waals surface area contributed by atoms with E-state index in [0.717, 1.165) is 42.4 Å². The number of rotatable bonds is 2. The zero-order chi connectivity index (χ0) is 17.1. The molecule has 2 heterocycles. The standard InChI is InChI=1S/C21H27N3O/c25-21(22-20-10-6-8-17-7-2-3-9-19(17)20)24-15-11-18(12-16-24)23-13-4-1-5-14-23/h2-3,6-10,18H,1,4-5,11-16H2,(H,22,25). The molecule has 132 valence electrons. The Morgan fingerprint density at radius 2 is 1.60 bits per heavy atom. The van der Waals surface area contributed by atoms with Crippen molar-refractivity contribution in [1.82, 2.24) is 9.80 Å². The molecule has 2 aromatic rings. The van der Waals surface area contributed by atoms with Gasteiger partial charge in [-0.1, -0.05) is 42.8 Å². The minimum absolute atomic E-state index is 0.0356. The molecule has 25 heavy (non-hydrogen) atoms. The Labute approximate surface area is 149 Å². The lowest BCUT2D eigenvalue weighted by Gasteiger charge is -2.40. The molecule has 4 rings (SSSR count). The topological polar surface area (TPSA) is 35.6 Å². The molecule has 0 unspecified atom stereocenters. The van der Waals surface area contributed by atoms with Crippen molar-refractivity contribution in [2.75, 3.05) is 31.5 Å². The fourth-order valence-corrected chi connectivity index (χ4v) is 4.25. The monoisotopic (exact) mass is 337 g/mol. The number of piperidine rings is 2. The van der Waals surface area contributed by atoms with Gasteiger partial charge >= 0.3 is 6.03 Å². The van der Waals surface area contributed by atoms with Gasteiger partial charge in [0.1, 0.15) is 0 Å². The van der Waals surface area contributed by atoms with Crippen molar-refractivity contribution in [3.8, 4) is 0 Å². The quantitative estimate of drug-likeness (QED) is 0.886. The van der Waals surface area contributed by atoms with Crippen molar-refractivity contribution in [2.24, 2.45) is 0 Å². The number of likely N-dealkylation sites (tertiary alicyclic amines) is 2. The highest BCUT2D eigenvalue weighted by atomic mass is 16.2. The molecule has 4 heteroatoms. The van der Waals surface area contributed by atoms with E-state index in [9.17, 15) is 4.79 Å². The van der Waals surface area contributed by atoms with Crippen LogP contribution in [0.3, 0.4) is 0 Å². The lowest BCUT2D eigenvalue weighted by Crippen LogP contribution is -2.49. The number of hydrogen-bond acceptors (Lipinski definition) is 2. The van der Waals surface area contributed by atoms with Crippen LogP contribution in [0.2, 0.25) is 0 Å². The fraction of sp³-hybridized carbons (Fsp3) is 0.476. The average molecular weight is 337 g/mol. The van der Waals surface area contributed by atoms with Gasteiger partial charge in [0.15, 0.2) is 0 Å². The van der Waals surface area contributed by atoms with Crippen molar-refractivity contribution in [2.45, 2.75) is 38.1 Å². The van der Waals surface area contributed by atoms with E-state index in [1.165, 1.54) is 32.4 Å². The Morgan fingerprint density at radius 1 is 0.880 bits per heavy atom. The number of nitrogens with one attached hydrogen (secondary N) is 1. The SMILES string of the molecule is O=C(Nc1cccc2ccccc12)N1CCC(N2CCCCC2)CC1. The molecule has 2 aromatic carbocycles. The van der Waals surface area contributed by atoms with Crippen LogP contribution in [0.4, 0.5) is 10.5 Å². The summed E-state index contributed by atoms with van der Waals surface area (Å²) in [6.07, 6.45) is 6.25. The van der Waals surface area contributed by atoms with Crippen LogP contribution < -0.4 is 5.32 Å². The zero-order valence-electron chi connectivity index (χ0n) is 14.8. The first kappa shape index (κ1) is 16.4. The van der Waals surface area contributed by atoms with Crippen LogP contribution in [-0.2, 0) is 0 Å². The minimum atomic E-state index is 0.0356. The number of hydrogen-bond donors (Lipinski definition) is 1. The molecule has 0 aromatic heterocycles. The molecule has 2 aliphatic heterocycles. The molecular formula is C21H27N3O. The molecule has 1 N–H and O–H groups in total. The van der Waals surface area contributed by atoms with Crippen molar-refractivity contribution >= 4 is 22.5 Å². The molecule has 4 nitrogen and oxygen atoms in total. The van der Waals surface area contributed by atoms with Crippen molar-refractivity contribution in [1.29, 1.82) is 0 Å². The van der Waals surface area contributed by atoms with Crippen LogP contribution in [0.1, 0.15) is 32.1 Å². The van der Waals surface area contributed by atoms with Gasteiger partial charge in [-0.3, -0.25) is 0 Å². The van der Waals surface area contributed by atoms with E-state index in [2.05, 4.69) is 28.4 Å². The third kappa shape index (κ3) is 3.64. The third-order valence-corrected chi connectivity index (χ3v) is 5.69. The maximum absolute atomic E-state index is 12.7. The Kier molecular flexibility index (Phi) is 4.88. The average Bonchev–Trinajstić information content (AvgIpc) is 2.69. The number of urea groups is 1. The van der Waals surface area contributed by atoms with Crippen LogP contribution in [-0.4, -0.2) is 48.1 Å². The van der Waals surface area contributed by atoms with E-state index in [-0.39, 0.29) is 6.03 Å². The summed E-state index contributed by atoms with van der Waals surface area (Å²) in [6.45, 7) is 4.20. The molecule has 0 radical (unpaired) electrons. The first-order chi connectivity index (χ1) is 12.3. The van der Waals surface area contributed by atoms with Gasteiger partial charge in [-0.05, 0) is 50.2 Å². The molecule has 0 spiro atoms. The lowest BCUT2D eigenvalue weighted by molar-refractivity contribution is 0.104. The second-order valence-electron chi connectivity index (χ2n) is 7.27. The van der Waals surface area contributed by atoms with Crippen molar-refractivity contribution in [3.63, 3.8) is 0 Å². The predicted molar refractivity (Wildman–Crippen MR) is 103 cm³/mol. The van der Waals surface area contributed by atoms with Crippen LogP contribution in [0.25, 0.3) is 10.8 Å². The maximum atomic E-state index is 12.7. The van der Waals surface area contributed by atoms with E-state index in [1.807, 2.05) is 29.2 Å². The van der Waals surface area contributed by atoms with Gasteiger partial charge in [-0.15, -0.1) is 0 Å². The summed E-state index contributed by atoms with van der Waals surface area (Å²) in [5.74, 6) is 0. The second kappa shape index (κ2) is 7.44. The summed E-state index contributed by atoms with van der Waals surface area (Å²) in [5, 5.41) is 5.38. The Hall–Kier alpha value is -2.07. The molecule has 0 bridgehead atoms. The largest absolute Gasteiger partial charge is 0.324 e. The van der Waals surface area contributed by atoms with Crippen LogP contribution in [0, 0.1) is 0 Å². The Morgan fingerprint density at radius 3 is 2.40 bits per heavy atom. The summed E-state index contributed by atoms with van der Waals surface area (Å²) in [6, 6.07) is 15.0. The molecule has 0 saturated carbocycles. The number of anilines is 1. The summed E-state index contributed by atoms with van der Waals surface area (Å²) >= 11 is 0. The van der Waals surface area contributed by atoms with Gasteiger partial charge < -0.3 is 15.1 Å². The number of carbonyl (C=O) groups excluding carboxylic acids is 1. The highest BCUT2D eigenvalue weighted by Gasteiger charge is 2.27. The number of benzene rings is 2. The van der Waals surface area contributed by atoms with Crippen LogP contribution in [0.5, 0.6) is 0 Å². The maximum Gasteiger partial charge on any atom is 0.321 e. The van der Waals surface area contributed by atoms with Gasteiger partial charge in [-0.25, -0.2) is 4.79 Å². The highest BCUT2D eigenvalue weighted by molar-refractivity contribution is 6.01. The van der Waals surface area contributed by atoms with E-state index < -0.39 is 0 Å². The highest BCUT2D eigenvalue weighted by Crippen LogP contribution is 2.25. The van der Waals surface area contributed by atoms with Crippen molar-refractivity contribution in [3.05, 3.63) is 42.5 Å². The minimum Gasteiger partial charge on any atom is -0.324 e. The molecular weight excluding hydrogens is 310 g/mol. The van der Waals surface area contributed by atoms with E-state index in [4.69, 9.17) is 0 Å². The summed E-state index contributed by atoms with van der Waals surface area (Å²) in [7, 11) is 0. The Balaban J connectivity index is 1.37. The predicted octanol–water partition coefficient (Wildman–Crippen LogP) is 4.32. The zero-order valence-corrected chi connectivity index (χ0v) is 14.8. The lowest BCUT2D eigenvalue weighted by atomic mass is 10.00. The summed E-state index contributed by atoms with van der Waals surface area (Å²) in [4.78, 5) is 17.3. The molecule has 2 fully saturated rings. The molecule has 2 saturated heterocycles. The number of fused-ring (bicyclic) bond motifs is 1. The Bertz CT molecular complexity index is 726. The first-order valence-electron chi connectivity index (χ1n) is 9.59. The van der Waals surface area contributed by atoms with E-state index >= 15 is 0 Å². The first-order valence-corrected chi connectivity index (χ1v) is 9.59. The number of nitrogens with zero attached hydrogens (tertiary/aromatic N) is 2. The van der Waals surface area contributed by atoms with Gasteiger partial charge in [0.25, 0.3) is 0 Å². The molecule has 0 atom stereocenters. The fourth-order valence-electron chi connectivity index (χ4n) is 4.25. The molecule has 2 amide bonds. The van der Waals surface area contributed by atoms with Gasteiger partial charge in [-0.2, -0.15) is 0 Å². The van der Waals surface area contributed by atoms with Crippen molar-refractivity contribution < 1.29 is 4.79 Å². The third-order valence-electron chi connectivity index (χ3n) is 5.69. The molecule has 2 aliphatic rings. The number of amides is 2. The van der Waals surface area contributed by atoms with E-state index in [0.29, 0.717) is 6.04 Å². The number of carbonyl (C=O) groups is 1. The second-order valence-corrected chi connectivity index (χ2v) is 7.27. The van der Waals surface area contributed by atoms with Gasteiger partial charge in [0.05, 0.1) is 5.69 Å². The summed E-state index contributed by atoms with van der Waals surface area (Å²) < 4.78 is 0. The van der Waals surface area contributed by atoms with Gasteiger partial charge in [0.2, 0.25) is 0 Å². The molecule has 0 aliphatic carbocycles. The summed E-state index contributed by atoms with van der Waals surface area (Å²) in [5.41, 5.74) is 0.904. The van der Waals surface area contributed by atoms with Crippen LogP contribution in [0.15, 0.2) is 42.5 Å². The van der Waals surface area contributed by atoms with Crippen LogP contribution >= 0.6 is 0 Å².